The third-order valence-electron chi connectivity index (χ3n) is 3.05. The molecular formula is C13H16ClIO. The van der Waals surface area contributed by atoms with Crippen LogP contribution in [0.25, 0.3) is 0 Å². The van der Waals surface area contributed by atoms with Crippen molar-refractivity contribution in [2.45, 2.75) is 32.1 Å². The van der Waals surface area contributed by atoms with Gasteiger partial charge in [-0.3, -0.25) is 0 Å². The average Bonchev–Trinajstić information content (AvgIpc) is 2.27. The summed E-state index contributed by atoms with van der Waals surface area (Å²) in [6, 6.07) is 5.87. The summed E-state index contributed by atoms with van der Waals surface area (Å²) >= 11 is 8.25. The zero-order chi connectivity index (χ0) is 11.4. The molecule has 88 valence electrons. The summed E-state index contributed by atoms with van der Waals surface area (Å²) in [5.74, 6) is 1.65. The van der Waals surface area contributed by atoms with Crippen LogP contribution in [-0.2, 0) is 0 Å². The molecule has 0 aromatic heterocycles. The Bertz CT molecular complexity index is 328. The predicted molar refractivity (Wildman–Crippen MR) is 76.2 cm³/mol. The summed E-state index contributed by atoms with van der Waals surface area (Å²) < 4.78 is 6.95. The van der Waals surface area contributed by atoms with E-state index in [2.05, 4.69) is 22.6 Å². The molecule has 1 aromatic rings. The zero-order valence-electron chi connectivity index (χ0n) is 9.22. The van der Waals surface area contributed by atoms with Crippen molar-refractivity contribution >= 4 is 34.2 Å². The largest absolute Gasteiger partial charge is 0.493 e. The predicted octanol–water partition coefficient (Wildman–Crippen LogP) is 4.90. The van der Waals surface area contributed by atoms with Gasteiger partial charge in [0.05, 0.1) is 6.61 Å². The van der Waals surface area contributed by atoms with Crippen LogP contribution in [0.15, 0.2) is 18.2 Å². The molecule has 0 saturated heterocycles. The van der Waals surface area contributed by atoms with Crippen LogP contribution in [0.5, 0.6) is 5.75 Å². The van der Waals surface area contributed by atoms with Gasteiger partial charge in [-0.05, 0) is 59.5 Å². The van der Waals surface area contributed by atoms with Crippen LogP contribution in [-0.4, -0.2) is 6.61 Å². The van der Waals surface area contributed by atoms with E-state index in [0.717, 1.165) is 26.9 Å². The van der Waals surface area contributed by atoms with Crippen LogP contribution >= 0.6 is 34.2 Å². The minimum atomic E-state index is 0.741. The fourth-order valence-corrected chi connectivity index (χ4v) is 3.23. The maximum absolute atomic E-state index is 5.99. The molecular weight excluding hydrogens is 334 g/mol. The first-order valence-corrected chi connectivity index (χ1v) is 7.28. The zero-order valence-corrected chi connectivity index (χ0v) is 12.1. The van der Waals surface area contributed by atoms with E-state index in [4.69, 9.17) is 16.3 Å². The Hall–Kier alpha value is 0.0400. The van der Waals surface area contributed by atoms with Crippen molar-refractivity contribution in [1.82, 2.24) is 0 Å². The Morgan fingerprint density at radius 2 is 1.94 bits per heavy atom. The van der Waals surface area contributed by atoms with Crippen LogP contribution < -0.4 is 4.74 Å². The van der Waals surface area contributed by atoms with Crippen molar-refractivity contribution < 1.29 is 4.74 Å². The van der Waals surface area contributed by atoms with E-state index in [9.17, 15) is 0 Å². The smallest absolute Gasteiger partial charge is 0.121 e. The Kier molecular flexibility index (Phi) is 4.77. The molecule has 1 aromatic carbocycles. The molecule has 0 atom stereocenters. The first-order chi connectivity index (χ1) is 7.74. The van der Waals surface area contributed by atoms with Gasteiger partial charge in [-0.15, -0.1) is 0 Å². The summed E-state index contributed by atoms with van der Waals surface area (Å²) in [4.78, 5) is 0. The Morgan fingerprint density at radius 3 is 2.62 bits per heavy atom. The minimum absolute atomic E-state index is 0.741. The highest BCUT2D eigenvalue weighted by Gasteiger charge is 2.14. The van der Waals surface area contributed by atoms with Crippen molar-refractivity contribution in [3.8, 4) is 5.75 Å². The minimum Gasteiger partial charge on any atom is -0.493 e. The quantitative estimate of drug-likeness (QED) is 0.704. The molecule has 0 bridgehead atoms. The lowest BCUT2D eigenvalue weighted by Gasteiger charge is -2.21. The van der Waals surface area contributed by atoms with Crippen LogP contribution in [0.1, 0.15) is 32.1 Å². The molecule has 0 unspecified atom stereocenters. The van der Waals surface area contributed by atoms with Gasteiger partial charge in [0.2, 0.25) is 0 Å². The lowest BCUT2D eigenvalue weighted by molar-refractivity contribution is 0.209. The second-order valence-corrected chi connectivity index (χ2v) is 6.10. The number of ether oxygens (including phenoxy) is 1. The summed E-state index contributed by atoms with van der Waals surface area (Å²) in [7, 11) is 0. The number of halogens is 2. The SMILES string of the molecule is Clc1cc(I)cc(OCC2CCCCC2)c1. The van der Waals surface area contributed by atoms with Gasteiger partial charge in [-0.2, -0.15) is 0 Å². The maximum Gasteiger partial charge on any atom is 0.121 e. The van der Waals surface area contributed by atoms with Crippen molar-refractivity contribution in [1.29, 1.82) is 0 Å². The van der Waals surface area contributed by atoms with E-state index in [0.29, 0.717) is 0 Å². The van der Waals surface area contributed by atoms with E-state index in [1.807, 2.05) is 18.2 Å². The molecule has 1 aliphatic carbocycles. The molecule has 1 nitrogen and oxygen atoms in total. The van der Waals surface area contributed by atoms with E-state index in [1.54, 1.807) is 0 Å². The third-order valence-corrected chi connectivity index (χ3v) is 3.89. The highest BCUT2D eigenvalue weighted by atomic mass is 127. The molecule has 2 rings (SSSR count). The summed E-state index contributed by atoms with van der Waals surface area (Å²) in [6.07, 6.45) is 6.75. The number of hydrogen-bond donors (Lipinski definition) is 0. The molecule has 0 heterocycles. The Balaban J connectivity index is 1.88. The molecule has 3 heteroatoms. The number of rotatable bonds is 3. The highest BCUT2D eigenvalue weighted by molar-refractivity contribution is 14.1. The highest BCUT2D eigenvalue weighted by Crippen LogP contribution is 2.26. The van der Waals surface area contributed by atoms with Gasteiger partial charge in [0.1, 0.15) is 5.75 Å². The Morgan fingerprint density at radius 1 is 1.19 bits per heavy atom. The molecule has 1 fully saturated rings. The molecule has 0 spiro atoms. The van der Waals surface area contributed by atoms with E-state index in [-0.39, 0.29) is 0 Å². The van der Waals surface area contributed by atoms with E-state index in [1.165, 1.54) is 32.1 Å². The summed E-state index contributed by atoms with van der Waals surface area (Å²) in [6.45, 7) is 0.844. The third kappa shape index (κ3) is 3.81. The normalized spacial score (nSPS) is 17.4. The standard InChI is InChI=1S/C13H16ClIO/c14-11-6-12(15)8-13(7-11)16-9-10-4-2-1-3-5-10/h6-8,10H,1-5,9H2. The van der Waals surface area contributed by atoms with Crippen LogP contribution in [0, 0.1) is 9.49 Å². The summed E-state index contributed by atoms with van der Waals surface area (Å²) in [5.41, 5.74) is 0. The lowest BCUT2D eigenvalue weighted by Crippen LogP contribution is -2.15. The molecule has 0 N–H and O–H groups in total. The van der Waals surface area contributed by atoms with Gasteiger partial charge in [0.25, 0.3) is 0 Å². The van der Waals surface area contributed by atoms with Crippen molar-refractivity contribution in [2.75, 3.05) is 6.61 Å². The van der Waals surface area contributed by atoms with Gasteiger partial charge < -0.3 is 4.74 Å². The van der Waals surface area contributed by atoms with Gasteiger partial charge in [0, 0.05) is 8.59 Å². The molecule has 0 aliphatic heterocycles. The monoisotopic (exact) mass is 350 g/mol. The fourth-order valence-electron chi connectivity index (χ4n) is 2.18. The van der Waals surface area contributed by atoms with Gasteiger partial charge in [0.15, 0.2) is 0 Å². The second kappa shape index (κ2) is 6.10. The fraction of sp³-hybridized carbons (Fsp3) is 0.538. The second-order valence-electron chi connectivity index (χ2n) is 4.42. The average molecular weight is 351 g/mol. The molecule has 1 aliphatic rings. The van der Waals surface area contributed by atoms with Crippen LogP contribution in [0.2, 0.25) is 5.02 Å². The topological polar surface area (TPSA) is 9.23 Å². The molecule has 16 heavy (non-hydrogen) atoms. The van der Waals surface area contributed by atoms with Gasteiger partial charge in [-0.25, -0.2) is 0 Å². The Labute approximate surface area is 116 Å². The van der Waals surface area contributed by atoms with Crippen molar-refractivity contribution in [3.05, 3.63) is 26.8 Å². The van der Waals surface area contributed by atoms with Crippen molar-refractivity contribution in [3.63, 3.8) is 0 Å². The molecule has 1 saturated carbocycles. The van der Waals surface area contributed by atoms with Gasteiger partial charge in [-0.1, -0.05) is 30.9 Å². The molecule has 0 radical (unpaired) electrons. The first kappa shape index (κ1) is 12.5. The van der Waals surface area contributed by atoms with Gasteiger partial charge >= 0.3 is 0 Å². The van der Waals surface area contributed by atoms with Crippen LogP contribution in [0.3, 0.4) is 0 Å². The van der Waals surface area contributed by atoms with E-state index < -0.39 is 0 Å². The first-order valence-electron chi connectivity index (χ1n) is 5.83. The number of hydrogen-bond acceptors (Lipinski definition) is 1. The van der Waals surface area contributed by atoms with Crippen molar-refractivity contribution in [2.24, 2.45) is 5.92 Å². The summed E-state index contributed by atoms with van der Waals surface area (Å²) in [5, 5.41) is 0.755. The lowest BCUT2D eigenvalue weighted by atomic mass is 9.90. The number of benzene rings is 1. The van der Waals surface area contributed by atoms with E-state index >= 15 is 0 Å². The van der Waals surface area contributed by atoms with Crippen LogP contribution in [0.4, 0.5) is 0 Å². The maximum atomic E-state index is 5.99. The molecule has 0 amide bonds.